The van der Waals surface area contributed by atoms with Gasteiger partial charge in [-0.05, 0) is 36.4 Å². The Labute approximate surface area is 128 Å². The fourth-order valence-electron chi connectivity index (χ4n) is 1.75. The zero-order chi connectivity index (χ0) is 15.1. The molecule has 0 heterocycles. The van der Waals surface area contributed by atoms with Crippen LogP contribution in [-0.2, 0) is 0 Å². The Morgan fingerprint density at radius 1 is 1.00 bits per heavy atom. The number of carbonyl (C=O) groups excluding carboxylic acids is 1. The molecule has 2 rings (SSSR count). The van der Waals surface area contributed by atoms with E-state index in [0.717, 1.165) is 5.75 Å². The molecule has 110 valence electrons. The maximum Gasteiger partial charge on any atom is 0.153 e. The number of methoxy groups -OCH3 is 1. The van der Waals surface area contributed by atoms with Gasteiger partial charge in [-0.1, -0.05) is 17.7 Å². The molecule has 0 bridgehead atoms. The molecular formula is C16H15ClO4. The fourth-order valence-corrected chi connectivity index (χ4v) is 1.98. The Bertz CT molecular complexity index is 596. The lowest BCUT2D eigenvalue weighted by atomic mass is 10.2. The maximum absolute atomic E-state index is 10.9. The number of ether oxygens (including phenoxy) is 3. The second-order valence-corrected chi connectivity index (χ2v) is 4.56. The van der Waals surface area contributed by atoms with Crippen LogP contribution in [0, 0.1) is 0 Å². The highest BCUT2D eigenvalue weighted by Crippen LogP contribution is 2.27. The van der Waals surface area contributed by atoms with Gasteiger partial charge in [0, 0.05) is 0 Å². The monoisotopic (exact) mass is 306 g/mol. The highest BCUT2D eigenvalue weighted by Gasteiger charge is 2.07. The first kappa shape index (κ1) is 15.2. The largest absolute Gasteiger partial charge is 0.497 e. The summed E-state index contributed by atoms with van der Waals surface area (Å²) in [5.74, 6) is 1.87. The second-order valence-electron chi connectivity index (χ2n) is 4.15. The minimum absolute atomic E-state index is 0.288. The molecule has 0 spiro atoms. The van der Waals surface area contributed by atoms with Crippen LogP contribution in [-0.4, -0.2) is 26.6 Å². The molecule has 0 aromatic heterocycles. The molecule has 0 aliphatic carbocycles. The van der Waals surface area contributed by atoms with Crippen LogP contribution in [0.25, 0.3) is 0 Å². The normalized spacial score (nSPS) is 10.0. The number of para-hydroxylation sites is 1. The summed E-state index contributed by atoms with van der Waals surface area (Å²) in [7, 11) is 1.61. The standard InChI is InChI=1S/C16H15ClO4/c1-19-13-5-7-14(8-6-13)20-9-10-21-16-12(11-18)3-2-4-15(16)17/h2-8,11H,9-10H2,1H3. The van der Waals surface area contributed by atoms with E-state index in [-0.39, 0.29) is 6.61 Å². The van der Waals surface area contributed by atoms with Crippen molar-refractivity contribution in [3.63, 3.8) is 0 Å². The summed E-state index contributed by atoms with van der Waals surface area (Å²) in [6, 6.07) is 12.3. The summed E-state index contributed by atoms with van der Waals surface area (Å²) in [5.41, 5.74) is 0.423. The number of benzene rings is 2. The van der Waals surface area contributed by atoms with Crippen molar-refractivity contribution < 1.29 is 19.0 Å². The van der Waals surface area contributed by atoms with E-state index >= 15 is 0 Å². The van der Waals surface area contributed by atoms with E-state index in [1.54, 1.807) is 25.3 Å². The van der Waals surface area contributed by atoms with Gasteiger partial charge in [0.1, 0.15) is 30.5 Å². The summed E-state index contributed by atoms with van der Waals surface area (Å²) < 4.78 is 16.1. The molecule has 0 atom stereocenters. The molecule has 0 N–H and O–H groups in total. The number of hydrogen-bond acceptors (Lipinski definition) is 4. The van der Waals surface area contributed by atoms with Crippen molar-refractivity contribution in [1.29, 1.82) is 0 Å². The number of hydrogen-bond donors (Lipinski definition) is 0. The minimum Gasteiger partial charge on any atom is -0.497 e. The van der Waals surface area contributed by atoms with Gasteiger partial charge in [-0.3, -0.25) is 4.79 Å². The Balaban J connectivity index is 1.85. The Hall–Kier alpha value is -2.20. The van der Waals surface area contributed by atoms with Gasteiger partial charge in [-0.2, -0.15) is 0 Å². The SMILES string of the molecule is COc1ccc(OCCOc2c(Cl)cccc2C=O)cc1. The third-order valence-electron chi connectivity index (χ3n) is 2.78. The van der Waals surface area contributed by atoms with Gasteiger partial charge in [-0.15, -0.1) is 0 Å². The van der Waals surface area contributed by atoms with Gasteiger partial charge >= 0.3 is 0 Å². The zero-order valence-electron chi connectivity index (χ0n) is 11.5. The molecule has 0 aliphatic rings. The average Bonchev–Trinajstić information content (AvgIpc) is 2.53. The predicted molar refractivity (Wildman–Crippen MR) is 80.8 cm³/mol. The number of aldehydes is 1. The third-order valence-corrected chi connectivity index (χ3v) is 3.08. The molecule has 0 radical (unpaired) electrons. The molecule has 0 unspecified atom stereocenters. The molecular weight excluding hydrogens is 292 g/mol. The lowest BCUT2D eigenvalue weighted by Gasteiger charge is -2.11. The van der Waals surface area contributed by atoms with Crippen molar-refractivity contribution in [2.45, 2.75) is 0 Å². The summed E-state index contributed by atoms with van der Waals surface area (Å²) >= 11 is 6.00. The van der Waals surface area contributed by atoms with Crippen molar-refractivity contribution in [3.05, 3.63) is 53.1 Å². The first-order valence-corrected chi connectivity index (χ1v) is 6.75. The molecule has 2 aromatic rings. The van der Waals surface area contributed by atoms with Crippen LogP contribution in [0.4, 0.5) is 0 Å². The van der Waals surface area contributed by atoms with Crippen LogP contribution < -0.4 is 14.2 Å². The first-order chi connectivity index (χ1) is 10.2. The van der Waals surface area contributed by atoms with Crippen molar-refractivity contribution in [2.24, 2.45) is 0 Å². The highest BCUT2D eigenvalue weighted by atomic mass is 35.5. The Kier molecular flexibility index (Phi) is 5.46. The van der Waals surface area contributed by atoms with Crippen LogP contribution in [0.3, 0.4) is 0 Å². The molecule has 0 fully saturated rings. The Morgan fingerprint density at radius 3 is 2.33 bits per heavy atom. The van der Waals surface area contributed by atoms with Crippen LogP contribution in [0.2, 0.25) is 5.02 Å². The number of halogens is 1. The molecule has 2 aromatic carbocycles. The van der Waals surface area contributed by atoms with E-state index in [9.17, 15) is 4.79 Å². The van der Waals surface area contributed by atoms with Gasteiger partial charge in [0.05, 0.1) is 17.7 Å². The second kappa shape index (κ2) is 7.55. The maximum atomic E-state index is 10.9. The molecule has 0 saturated heterocycles. The fraction of sp³-hybridized carbons (Fsp3) is 0.188. The zero-order valence-corrected chi connectivity index (χ0v) is 12.3. The van der Waals surface area contributed by atoms with Gasteiger partial charge in [0.25, 0.3) is 0 Å². The molecule has 5 heteroatoms. The first-order valence-electron chi connectivity index (χ1n) is 6.38. The topological polar surface area (TPSA) is 44.8 Å². The summed E-state index contributed by atoms with van der Waals surface area (Å²) in [6.45, 7) is 0.631. The minimum atomic E-state index is 0.288. The van der Waals surface area contributed by atoms with E-state index in [1.807, 2.05) is 24.3 Å². The van der Waals surface area contributed by atoms with Crippen LogP contribution in [0.1, 0.15) is 10.4 Å². The van der Waals surface area contributed by atoms with Crippen molar-refractivity contribution in [1.82, 2.24) is 0 Å². The summed E-state index contributed by atoms with van der Waals surface area (Å²) in [5, 5.41) is 0.407. The quantitative estimate of drug-likeness (QED) is 0.579. The average molecular weight is 307 g/mol. The van der Waals surface area contributed by atoms with Gasteiger partial charge in [-0.25, -0.2) is 0 Å². The van der Waals surface area contributed by atoms with Crippen molar-refractivity contribution >= 4 is 17.9 Å². The van der Waals surface area contributed by atoms with Crippen LogP contribution in [0.15, 0.2) is 42.5 Å². The summed E-state index contributed by atoms with van der Waals surface area (Å²) in [6.07, 6.45) is 0.714. The Morgan fingerprint density at radius 2 is 1.67 bits per heavy atom. The van der Waals surface area contributed by atoms with E-state index in [1.165, 1.54) is 0 Å². The lowest BCUT2D eigenvalue weighted by Crippen LogP contribution is -2.10. The van der Waals surface area contributed by atoms with Gasteiger partial charge in [0.15, 0.2) is 6.29 Å². The van der Waals surface area contributed by atoms with E-state index in [2.05, 4.69) is 0 Å². The molecule has 21 heavy (non-hydrogen) atoms. The van der Waals surface area contributed by atoms with Crippen LogP contribution >= 0.6 is 11.6 Å². The molecule has 4 nitrogen and oxygen atoms in total. The molecule has 0 aliphatic heterocycles. The van der Waals surface area contributed by atoms with Crippen LogP contribution in [0.5, 0.6) is 17.2 Å². The lowest BCUT2D eigenvalue weighted by molar-refractivity contribution is 0.111. The predicted octanol–water partition coefficient (Wildman–Crippen LogP) is 3.62. The molecule has 0 amide bonds. The number of carbonyl (C=O) groups is 1. The van der Waals surface area contributed by atoms with Gasteiger partial charge < -0.3 is 14.2 Å². The van der Waals surface area contributed by atoms with E-state index in [4.69, 9.17) is 25.8 Å². The smallest absolute Gasteiger partial charge is 0.153 e. The van der Waals surface area contributed by atoms with E-state index < -0.39 is 0 Å². The third kappa shape index (κ3) is 4.13. The number of rotatable bonds is 7. The van der Waals surface area contributed by atoms with Gasteiger partial charge in [0.2, 0.25) is 0 Å². The van der Waals surface area contributed by atoms with Crippen molar-refractivity contribution in [2.75, 3.05) is 20.3 Å². The van der Waals surface area contributed by atoms with E-state index in [0.29, 0.717) is 35.0 Å². The highest BCUT2D eigenvalue weighted by molar-refractivity contribution is 6.32. The summed E-state index contributed by atoms with van der Waals surface area (Å²) in [4.78, 5) is 10.9. The van der Waals surface area contributed by atoms with Crippen molar-refractivity contribution in [3.8, 4) is 17.2 Å². The molecule has 0 saturated carbocycles.